The van der Waals surface area contributed by atoms with E-state index >= 15 is 0 Å². The van der Waals surface area contributed by atoms with Crippen molar-refractivity contribution in [1.29, 1.82) is 0 Å². The molecule has 3 heteroatoms. The molecule has 1 N–H and O–H groups in total. The van der Waals surface area contributed by atoms with Gasteiger partial charge < -0.3 is 14.6 Å². The molecule has 86 valence electrons. The Labute approximate surface area is 92.5 Å². The van der Waals surface area contributed by atoms with E-state index in [2.05, 4.69) is 38.2 Å². The summed E-state index contributed by atoms with van der Waals surface area (Å²) in [7, 11) is 4.18. The van der Waals surface area contributed by atoms with E-state index in [0.717, 1.165) is 18.7 Å². The molecule has 0 bridgehead atoms. The predicted molar refractivity (Wildman–Crippen MR) is 62.9 cm³/mol. The van der Waals surface area contributed by atoms with Crippen molar-refractivity contribution in [2.24, 2.45) is 0 Å². The van der Waals surface area contributed by atoms with Crippen LogP contribution in [-0.4, -0.2) is 31.6 Å². The van der Waals surface area contributed by atoms with Gasteiger partial charge in [-0.2, -0.15) is 0 Å². The quantitative estimate of drug-likeness (QED) is 0.780. The lowest BCUT2D eigenvalue weighted by atomic mass is 10.1. The Morgan fingerprint density at radius 3 is 2.67 bits per heavy atom. The second-order valence-corrected chi connectivity index (χ2v) is 4.31. The van der Waals surface area contributed by atoms with Crippen molar-refractivity contribution in [3.05, 3.63) is 24.2 Å². The molecule has 0 saturated carbocycles. The number of nitrogens with zero attached hydrogens (tertiary/aromatic N) is 1. The van der Waals surface area contributed by atoms with E-state index < -0.39 is 0 Å². The summed E-state index contributed by atoms with van der Waals surface area (Å²) in [4.78, 5) is 2.19. The molecule has 0 radical (unpaired) electrons. The molecular weight excluding hydrogens is 188 g/mol. The minimum Gasteiger partial charge on any atom is -0.468 e. The molecule has 3 nitrogen and oxygen atoms in total. The monoisotopic (exact) mass is 210 g/mol. The third-order valence-electron chi connectivity index (χ3n) is 2.42. The summed E-state index contributed by atoms with van der Waals surface area (Å²) in [5.74, 6) is 1.03. The number of furan rings is 1. The minimum absolute atomic E-state index is 0.329. The van der Waals surface area contributed by atoms with E-state index in [1.165, 1.54) is 0 Å². The average molecular weight is 210 g/mol. The van der Waals surface area contributed by atoms with Crippen molar-refractivity contribution in [3.8, 4) is 0 Å². The first-order valence-corrected chi connectivity index (χ1v) is 5.57. The molecular formula is C12H22N2O. The number of hydrogen-bond acceptors (Lipinski definition) is 3. The van der Waals surface area contributed by atoms with Gasteiger partial charge in [-0.05, 0) is 39.6 Å². The Bertz CT molecular complexity index is 257. The Morgan fingerprint density at radius 2 is 2.20 bits per heavy atom. The number of hydrogen-bond donors (Lipinski definition) is 1. The van der Waals surface area contributed by atoms with Gasteiger partial charge in [-0.15, -0.1) is 0 Å². The fraction of sp³-hybridized carbons (Fsp3) is 0.667. The molecule has 1 aromatic rings. The SMILES string of the molecule is CCC(NC(C)CN(C)C)c1ccco1. The van der Waals surface area contributed by atoms with Crippen LogP contribution >= 0.6 is 0 Å². The highest BCUT2D eigenvalue weighted by Crippen LogP contribution is 2.17. The van der Waals surface area contributed by atoms with Crippen molar-refractivity contribution in [2.75, 3.05) is 20.6 Å². The van der Waals surface area contributed by atoms with Crippen molar-refractivity contribution < 1.29 is 4.42 Å². The summed E-state index contributed by atoms with van der Waals surface area (Å²) in [6.45, 7) is 5.41. The molecule has 1 aromatic heterocycles. The zero-order valence-electron chi connectivity index (χ0n) is 10.2. The fourth-order valence-electron chi connectivity index (χ4n) is 1.83. The summed E-state index contributed by atoms with van der Waals surface area (Å²) >= 11 is 0. The fourth-order valence-corrected chi connectivity index (χ4v) is 1.83. The smallest absolute Gasteiger partial charge is 0.120 e. The summed E-state index contributed by atoms with van der Waals surface area (Å²) in [6.07, 6.45) is 2.78. The Kier molecular flexibility index (Phi) is 4.85. The van der Waals surface area contributed by atoms with E-state index in [4.69, 9.17) is 4.42 Å². The van der Waals surface area contributed by atoms with Crippen LogP contribution in [-0.2, 0) is 0 Å². The maximum Gasteiger partial charge on any atom is 0.120 e. The molecule has 0 amide bonds. The first kappa shape index (κ1) is 12.3. The van der Waals surface area contributed by atoms with Gasteiger partial charge in [0.1, 0.15) is 5.76 Å². The molecule has 1 heterocycles. The van der Waals surface area contributed by atoms with Gasteiger partial charge in [0.25, 0.3) is 0 Å². The van der Waals surface area contributed by atoms with E-state index in [1.54, 1.807) is 6.26 Å². The summed E-state index contributed by atoms with van der Waals surface area (Å²) in [5.41, 5.74) is 0. The predicted octanol–water partition coefficient (Wildman–Crippen LogP) is 2.27. The summed E-state index contributed by atoms with van der Waals surface area (Å²) in [5, 5.41) is 3.56. The van der Waals surface area contributed by atoms with Crippen LogP contribution in [0.2, 0.25) is 0 Å². The lowest BCUT2D eigenvalue weighted by molar-refractivity contribution is 0.308. The van der Waals surface area contributed by atoms with E-state index in [0.29, 0.717) is 12.1 Å². The molecule has 1 rings (SSSR count). The van der Waals surface area contributed by atoms with Crippen LogP contribution in [0.1, 0.15) is 32.1 Å². The zero-order valence-corrected chi connectivity index (χ0v) is 10.2. The molecule has 0 aliphatic rings. The topological polar surface area (TPSA) is 28.4 Å². The zero-order chi connectivity index (χ0) is 11.3. The highest BCUT2D eigenvalue weighted by atomic mass is 16.3. The third kappa shape index (κ3) is 4.06. The first-order valence-electron chi connectivity index (χ1n) is 5.57. The van der Waals surface area contributed by atoms with E-state index in [9.17, 15) is 0 Å². The van der Waals surface area contributed by atoms with Gasteiger partial charge in [0.2, 0.25) is 0 Å². The molecule has 0 spiro atoms. The highest BCUT2D eigenvalue weighted by molar-refractivity contribution is 5.04. The van der Waals surface area contributed by atoms with Gasteiger partial charge >= 0.3 is 0 Å². The van der Waals surface area contributed by atoms with Crippen LogP contribution in [0.4, 0.5) is 0 Å². The normalized spacial score (nSPS) is 15.5. The van der Waals surface area contributed by atoms with Crippen molar-refractivity contribution in [2.45, 2.75) is 32.4 Å². The van der Waals surface area contributed by atoms with Crippen molar-refractivity contribution >= 4 is 0 Å². The molecule has 0 fully saturated rings. The van der Waals surface area contributed by atoms with Gasteiger partial charge in [0.05, 0.1) is 12.3 Å². The molecule has 2 unspecified atom stereocenters. The lowest BCUT2D eigenvalue weighted by Gasteiger charge is -2.23. The maximum absolute atomic E-state index is 5.42. The van der Waals surface area contributed by atoms with Gasteiger partial charge in [-0.1, -0.05) is 6.92 Å². The van der Waals surface area contributed by atoms with Crippen LogP contribution in [0.3, 0.4) is 0 Å². The van der Waals surface area contributed by atoms with Gasteiger partial charge in [-0.25, -0.2) is 0 Å². The second-order valence-electron chi connectivity index (χ2n) is 4.31. The largest absolute Gasteiger partial charge is 0.468 e. The van der Waals surface area contributed by atoms with Crippen molar-refractivity contribution in [3.63, 3.8) is 0 Å². The van der Waals surface area contributed by atoms with Crippen LogP contribution in [0, 0.1) is 0 Å². The second kappa shape index (κ2) is 5.93. The summed E-state index contributed by atoms with van der Waals surface area (Å²) in [6, 6.07) is 4.77. The molecule has 2 atom stereocenters. The van der Waals surface area contributed by atoms with E-state index in [1.807, 2.05) is 12.1 Å². The summed E-state index contributed by atoms with van der Waals surface area (Å²) < 4.78 is 5.42. The molecule has 0 aliphatic heterocycles. The average Bonchev–Trinajstić information content (AvgIpc) is 2.65. The maximum atomic E-state index is 5.42. The standard InChI is InChI=1S/C12H22N2O/c1-5-11(12-7-6-8-15-12)13-10(2)9-14(3)4/h6-8,10-11,13H,5,9H2,1-4H3. The van der Waals surface area contributed by atoms with Gasteiger partial charge in [-0.3, -0.25) is 0 Å². The number of nitrogens with one attached hydrogen (secondary N) is 1. The molecule has 0 aromatic carbocycles. The minimum atomic E-state index is 0.329. The Hall–Kier alpha value is -0.800. The van der Waals surface area contributed by atoms with E-state index in [-0.39, 0.29) is 0 Å². The molecule has 0 aliphatic carbocycles. The Morgan fingerprint density at radius 1 is 1.47 bits per heavy atom. The molecule has 0 saturated heterocycles. The van der Waals surface area contributed by atoms with Gasteiger partial charge in [0, 0.05) is 12.6 Å². The van der Waals surface area contributed by atoms with Crippen LogP contribution in [0.5, 0.6) is 0 Å². The first-order chi connectivity index (χ1) is 7.13. The number of rotatable bonds is 6. The highest BCUT2D eigenvalue weighted by Gasteiger charge is 2.14. The molecule has 15 heavy (non-hydrogen) atoms. The van der Waals surface area contributed by atoms with Gasteiger partial charge in [0.15, 0.2) is 0 Å². The van der Waals surface area contributed by atoms with Crippen LogP contribution in [0.25, 0.3) is 0 Å². The lowest BCUT2D eigenvalue weighted by Crippen LogP contribution is -2.37. The van der Waals surface area contributed by atoms with Crippen LogP contribution < -0.4 is 5.32 Å². The van der Waals surface area contributed by atoms with Crippen molar-refractivity contribution in [1.82, 2.24) is 10.2 Å². The van der Waals surface area contributed by atoms with Crippen LogP contribution in [0.15, 0.2) is 22.8 Å². The number of likely N-dealkylation sites (N-methyl/N-ethyl adjacent to an activating group) is 1. The Balaban J connectivity index is 2.47. The third-order valence-corrected chi connectivity index (χ3v) is 2.42.